The number of hydrogen-bond donors (Lipinski definition) is 1. The Hall–Kier alpha value is -2.88. The molecule has 4 heteroatoms. The number of rotatable bonds is 6. The van der Waals surface area contributed by atoms with Gasteiger partial charge >= 0.3 is 0 Å². The van der Waals surface area contributed by atoms with Crippen LogP contribution in [0, 0.1) is 6.92 Å². The fourth-order valence-corrected chi connectivity index (χ4v) is 2.71. The minimum absolute atomic E-state index is 0.0245. The fraction of sp³-hybridized carbons (Fsp3) is 0.200. The van der Waals surface area contributed by atoms with E-state index < -0.39 is 0 Å². The van der Waals surface area contributed by atoms with Crippen LogP contribution in [0.3, 0.4) is 0 Å². The van der Waals surface area contributed by atoms with Crippen molar-refractivity contribution in [2.24, 2.45) is 0 Å². The summed E-state index contributed by atoms with van der Waals surface area (Å²) in [5.74, 6) is 1.27. The predicted octanol–water partition coefficient (Wildman–Crippen LogP) is 3.82. The molecule has 0 fully saturated rings. The molecule has 0 bridgehead atoms. The van der Waals surface area contributed by atoms with Crippen molar-refractivity contribution < 1.29 is 9.21 Å². The summed E-state index contributed by atoms with van der Waals surface area (Å²) < 4.78 is 5.38. The molecule has 24 heavy (non-hydrogen) atoms. The molecular weight excluding hydrogens is 300 g/mol. The molecule has 122 valence electrons. The molecule has 0 saturated heterocycles. The lowest BCUT2D eigenvalue weighted by Crippen LogP contribution is -2.25. The van der Waals surface area contributed by atoms with E-state index in [9.17, 15) is 4.79 Å². The Morgan fingerprint density at radius 3 is 2.12 bits per heavy atom. The van der Waals surface area contributed by atoms with E-state index in [2.05, 4.69) is 34.6 Å². The number of amides is 1. The van der Waals surface area contributed by atoms with Crippen LogP contribution in [0.1, 0.15) is 35.1 Å². The molecule has 1 amide bonds. The van der Waals surface area contributed by atoms with Gasteiger partial charge < -0.3 is 9.73 Å². The second-order valence-corrected chi connectivity index (χ2v) is 5.72. The van der Waals surface area contributed by atoms with E-state index in [1.165, 1.54) is 0 Å². The normalized spacial score (nSPS) is 10.8. The van der Waals surface area contributed by atoms with Crippen molar-refractivity contribution in [2.75, 3.05) is 0 Å². The van der Waals surface area contributed by atoms with Crippen LogP contribution in [-0.4, -0.2) is 10.9 Å². The molecule has 0 aliphatic carbocycles. The third-order valence-corrected chi connectivity index (χ3v) is 3.90. The van der Waals surface area contributed by atoms with Gasteiger partial charge in [-0.2, -0.15) is 0 Å². The van der Waals surface area contributed by atoms with E-state index >= 15 is 0 Å². The number of oxazole rings is 1. The molecule has 0 spiro atoms. The van der Waals surface area contributed by atoms with E-state index in [0.29, 0.717) is 18.9 Å². The summed E-state index contributed by atoms with van der Waals surface area (Å²) in [5.41, 5.74) is 2.26. The monoisotopic (exact) mass is 320 g/mol. The highest BCUT2D eigenvalue weighted by Crippen LogP contribution is 2.27. The Balaban J connectivity index is 1.71. The van der Waals surface area contributed by atoms with Gasteiger partial charge in [0.1, 0.15) is 5.76 Å². The first kappa shape index (κ1) is 16.0. The minimum atomic E-state index is -0.0245. The van der Waals surface area contributed by atoms with Crippen molar-refractivity contribution in [1.82, 2.24) is 10.3 Å². The molecular formula is C20H20N2O2. The zero-order valence-corrected chi connectivity index (χ0v) is 13.6. The summed E-state index contributed by atoms with van der Waals surface area (Å²) >= 11 is 0. The smallest absolute Gasteiger partial charge is 0.221 e. The summed E-state index contributed by atoms with van der Waals surface area (Å²) in [5, 5.41) is 2.89. The summed E-state index contributed by atoms with van der Waals surface area (Å²) in [6, 6.07) is 20.2. The highest BCUT2D eigenvalue weighted by atomic mass is 16.4. The Labute approximate surface area is 141 Å². The van der Waals surface area contributed by atoms with E-state index in [-0.39, 0.29) is 11.8 Å². The van der Waals surface area contributed by atoms with Crippen LogP contribution in [0.15, 0.2) is 71.3 Å². The molecule has 0 atom stereocenters. The van der Waals surface area contributed by atoms with Crippen molar-refractivity contribution in [3.8, 4) is 0 Å². The largest absolute Gasteiger partial charge is 0.444 e. The van der Waals surface area contributed by atoms with Gasteiger partial charge in [0.25, 0.3) is 0 Å². The lowest BCUT2D eigenvalue weighted by Gasteiger charge is -2.17. The van der Waals surface area contributed by atoms with E-state index in [1.54, 1.807) is 6.20 Å². The van der Waals surface area contributed by atoms with Gasteiger partial charge in [-0.05, 0) is 18.1 Å². The van der Waals surface area contributed by atoms with Crippen molar-refractivity contribution in [3.05, 3.63) is 89.6 Å². The molecule has 0 aliphatic heterocycles. The zero-order chi connectivity index (χ0) is 16.8. The Kier molecular flexibility index (Phi) is 5.06. The topological polar surface area (TPSA) is 55.1 Å². The standard InChI is InChI=1S/C20H20N2O2/c1-15-13-22-20(24-15)14-21-19(23)12-18(16-8-4-2-5-9-16)17-10-6-3-7-11-17/h2-11,13,18H,12,14H2,1H3,(H,21,23). The van der Waals surface area contributed by atoms with Crippen LogP contribution >= 0.6 is 0 Å². The first-order valence-electron chi connectivity index (χ1n) is 8.00. The molecule has 1 N–H and O–H groups in total. The summed E-state index contributed by atoms with van der Waals surface area (Å²) in [6.45, 7) is 2.14. The SMILES string of the molecule is Cc1cnc(CNC(=O)CC(c2ccccc2)c2ccccc2)o1. The van der Waals surface area contributed by atoms with Gasteiger partial charge in [-0.15, -0.1) is 0 Å². The minimum Gasteiger partial charge on any atom is -0.444 e. The number of aryl methyl sites for hydroxylation is 1. The first-order chi connectivity index (χ1) is 11.7. The van der Waals surface area contributed by atoms with Crippen LogP contribution in [0.4, 0.5) is 0 Å². The predicted molar refractivity (Wildman–Crippen MR) is 92.4 cm³/mol. The number of benzene rings is 2. The third kappa shape index (κ3) is 4.10. The zero-order valence-electron chi connectivity index (χ0n) is 13.6. The average Bonchev–Trinajstić information content (AvgIpc) is 3.05. The Bertz CT molecular complexity index is 742. The number of carbonyl (C=O) groups is 1. The van der Waals surface area contributed by atoms with Gasteiger partial charge in [0.15, 0.2) is 0 Å². The number of carbonyl (C=O) groups excluding carboxylic acids is 1. The molecule has 3 aromatic rings. The van der Waals surface area contributed by atoms with E-state index in [4.69, 9.17) is 4.42 Å². The quantitative estimate of drug-likeness (QED) is 0.751. The van der Waals surface area contributed by atoms with Crippen LogP contribution < -0.4 is 5.32 Å². The molecule has 3 rings (SSSR count). The molecule has 0 unspecified atom stereocenters. The van der Waals surface area contributed by atoms with Crippen LogP contribution in [0.5, 0.6) is 0 Å². The van der Waals surface area contributed by atoms with Crippen molar-refractivity contribution >= 4 is 5.91 Å². The number of nitrogens with zero attached hydrogens (tertiary/aromatic N) is 1. The number of hydrogen-bond acceptors (Lipinski definition) is 3. The highest BCUT2D eigenvalue weighted by molar-refractivity contribution is 5.77. The maximum absolute atomic E-state index is 12.4. The summed E-state index contributed by atoms with van der Waals surface area (Å²) in [6.07, 6.45) is 2.03. The van der Waals surface area contributed by atoms with Gasteiger partial charge in [0, 0.05) is 12.3 Å². The molecule has 1 aromatic heterocycles. The highest BCUT2D eigenvalue weighted by Gasteiger charge is 2.18. The fourth-order valence-electron chi connectivity index (χ4n) is 2.71. The number of nitrogens with one attached hydrogen (secondary N) is 1. The average molecular weight is 320 g/mol. The molecule has 0 aliphatic rings. The van der Waals surface area contributed by atoms with Crippen LogP contribution in [0.25, 0.3) is 0 Å². The molecule has 4 nitrogen and oxygen atoms in total. The molecule has 1 heterocycles. The van der Waals surface area contributed by atoms with E-state index in [1.807, 2.05) is 43.3 Å². The van der Waals surface area contributed by atoms with Gasteiger partial charge in [-0.25, -0.2) is 4.98 Å². The second kappa shape index (κ2) is 7.59. The van der Waals surface area contributed by atoms with Crippen molar-refractivity contribution in [1.29, 1.82) is 0 Å². The van der Waals surface area contributed by atoms with Crippen LogP contribution in [0.2, 0.25) is 0 Å². The summed E-state index contributed by atoms with van der Waals surface area (Å²) in [7, 11) is 0. The molecule has 0 saturated carbocycles. The van der Waals surface area contributed by atoms with Crippen LogP contribution in [-0.2, 0) is 11.3 Å². The van der Waals surface area contributed by atoms with Gasteiger partial charge in [0.2, 0.25) is 11.8 Å². The number of aromatic nitrogens is 1. The first-order valence-corrected chi connectivity index (χ1v) is 8.00. The van der Waals surface area contributed by atoms with Crippen molar-refractivity contribution in [3.63, 3.8) is 0 Å². The maximum Gasteiger partial charge on any atom is 0.221 e. The van der Waals surface area contributed by atoms with Gasteiger partial charge in [0.05, 0.1) is 12.7 Å². The lowest BCUT2D eigenvalue weighted by atomic mass is 9.88. The second-order valence-electron chi connectivity index (χ2n) is 5.72. The Morgan fingerprint density at radius 2 is 1.62 bits per heavy atom. The van der Waals surface area contributed by atoms with Crippen molar-refractivity contribution in [2.45, 2.75) is 25.8 Å². The maximum atomic E-state index is 12.4. The lowest BCUT2D eigenvalue weighted by molar-refractivity contribution is -0.121. The van der Waals surface area contributed by atoms with Gasteiger partial charge in [-0.1, -0.05) is 60.7 Å². The Morgan fingerprint density at radius 1 is 1.04 bits per heavy atom. The van der Waals surface area contributed by atoms with Gasteiger partial charge in [-0.3, -0.25) is 4.79 Å². The van der Waals surface area contributed by atoms with E-state index in [0.717, 1.165) is 16.9 Å². The molecule has 0 radical (unpaired) electrons. The molecule has 2 aromatic carbocycles. The summed E-state index contributed by atoms with van der Waals surface area (Å²) in [4.78, 5) is 16.5. The third-order valence-electron chi connectivity index (χ3n) is 3.90.